The number of benzene rings is 1. The lowest BCUT2D eigenvalue weighted by Crippen LogP contribution is -2.51. The highest BCUT2D eigenvalue weighted by molar-refractivity contribution is 14.1. The molecular formula is C13H15BrINO2. The Morgan fingerprint density at radius 2 is 2.33 bits per heavy atom. The fourth-order valence-electron chi connectivity index (χ4n) is 2.05. The lowest BCUT2D eigenvalue weighted by atomic mass is 9.94. The Labute approximate surface area is 129 Å². The van der Waals surface area contributed by atoms with Gasteiger partial charge in [0.15, 0.2) is 0 Å². The van der Waals surface area contributed by atoms with Gasteiger partial charge < -0.3 is 10.1 Å². The minimum atomic E-state index is -0.249. The maximum atomic E-state index is 12.3. The van der Waals surface area contributed by atoms with Crippen LogP contribution < -0.4 is 5.32 Å². The van der Waals surface area contributed by atoms with Gasteiger partial charge in [0.1, 0.15) is 0 Å². The van der Waals surface area contributed by atoms with E-state index in [4.69, 9.17) is 4.74 Å². The Morgan fingerprint density at radius 1 is 1.56 bits per heavy atom. The first-order chi connectivity index (χ1) is 8.50. The lowest BCUT2D eigenvalue weighted by molar-refractivity contribution is 0.0272. The van der Waals surface area contributed by atoms with Gasteiger partial charge in [-0.1, -0.05) is 15.9 Å². The Kier molecular flexibility index (Phi) is 4.66. The van der Waals surface area contributed by atoms with E-state index < -0.39 is 0 Å². The Balaban J connectivity index is 2.14. The van der Waals surface area contributed by atoms with E-state index in [0.717, 1.165) is 27.5 Å². The smallest absolute Gasteiger partial charge is 0.252 e. The number of carbonyl (C=O) groups is 1. The minimum absolute atomic E-state index is 0.0336. The first-order valence-corrected chi connectivity index (χ1v) is 7.73. The summed E-state index contributed by atoms with van der Waals surface area (Å²) >= 11 is 5.57. The van der Waals surface area contributed by atoms with Crippen LogP contribution in [0.1, 0.15) is 30.1 Å². The largest absolute Gasteiger partial charge is 0.379 e. The molecule has 0 saturated carbocycles. The normalized spacial score (nSPS) is 23.7. The number of rotatable bonds is 2. The molecule has 2 rings (SSSR count). The van der Waals surface area contributed by atoms with E-state index in [1.54, 1.807) is 0 Å². The molecule has 1 atom stereocenters. The molecule has 1 unspecified atom stereocenters. The predicted molar refractivity (Wildman–Crippen MR) is 82.8 cm³/mol. The summed E-state index contributed by atoms with van der Waals surface area (Å²) in [5.74, 6) is -0.0336. The fraction of sp³-hybridized carbons (Fsp3) is 0.462. The van der Waals surface area contributed by atoms with Crippen molar-refractivity contribution in [3.63, 3.8) is 0 Å². The number of carbonyl (C=O) groups excluding carboxylic acids is 1. The quantitative estimate of drug-likeness (QED) is 0.740. The molecule has 3 nitrogen and oxygen atoms in total. The molecule has 98 valence electrons. The SMILES string of the molecule is CC1(NC(=O)c2cc(Br)ccc2I)CCCOC1. The van der Waals surface area contributed by atoms with Gasteiger partial charge in [0.05, 0.1) is 17.7 Å². The van der Waals surface area contributed by atoms with Crippen molar-refractivity contribution < 1.29 is 9.53 Å². The van der Waals surface area contributed by atoms with Crippen molar-refractivity contribution in [2.24, 2.45) is 0 Å². The molecule has 1 N–H and O–H groups in total. The van der Waals surface area contributed by atoms with Crippen molar-refractivity contribution in [3.05, 3.63) is 31.8 Å². The van der Waals surface area contributed by atoms with E-state index in [0.29, 0.717) is 12.2 Å². The van der Waals surface area contributed by atoms with Crippen LogP contribution in [0.15, 0.2) is 22.7 Å². The third-order valence-corrected chi connectivity index (χ3v) is 4.46. The molecule has 1 aromatic rings. The van der Waals surface area contributed by atoms with Crippen LogP contribution in [0.5, 0.6) is 0 Å². The monoisotopic (exact) mass is 423 g/mol. The number of amides is 1. The molecule has 0 aromatic heterocycles. The summed E-state index contributed by atoms with van der Waals surface area (Å²) in [5.41, 5.74) is 0.456. The van der Waals surface area contributed by atoms with E-state index in [-0.39, 0.29) is 11.4 Å². The standard InChI is InChI=1S/C13H15BrINO2/c1-13(5-2-6-18-8-13)16-12(17)10-7-9(14)3-4-11(10)15/h3-4,7H,2,5-6,8H2,1H3,(H,16,17). The summed E-state index contributed by atoms with van der Waals surface area (Å²) in [5, 5.41) is 3.09. The summed E-state index contributed by atoms with van der Waals surface area (Å²) in [6.07, 6.45) is 1.95. The van der Waals surface area contributed by atoms with E-state index in [1.165, 1.54) is 0 Å². The van der Waals surface area contributed by atoms with E-state index in [9.17, 15) is 4.79 Å². The second-order valence-electron chi connectivity index (χ2n) is 4.80. The number of ether oxygens (including phenoxy) is 1. The van der Waals surface area contributed by atoms with Crippen LogP contribution >= 0.6 is 38.5 Å². The first kappa shape index (κ1) is 14.3. The van der Waals surface area contributed by atoms with Crippen LogP contribution in [-0.2, 0) is 4.74 Å². The first-order valence-electron chi connectivity index (χ1n) is 5.85. The molecule has 1 saturated heterocycles. The van der Waals surface area contributed by atoms with Crippen molar-refractivity contribution in [1.29, 1.82) is 0 Å². The molecular weight excluding hydrogens is 409 g/mol. The summed E-state index contributed by atoms with van der Waals surface area (Å²) in [7, 11) is 0. The van der Waals surface area contributed by atoms with Crippen molar-refractivity contribution in [1.82, 2.24) is 5.32 Å². The Morgan fingerprint density at radius 3 is 3.00 bits per heavy atom. The molecule has 1 heterocycles. The Bertz CT molecular complexity index is 458. The van der Waals surface area contributed by atoms with Crippen LogP contribution in [-0.4, -0.2) is 24.7 Å². The molecule has 1 fully saturated rings. The molecule has 0 radical (unpaired) electrons. The third kappa shape index (κ3) is 3.45. The van der Waals surface area contributed by atoms with Gasteiger partial charge in [-0.05, 0) is 60.6 Å². The molecule has 0 spiro atoms. The topological polar surface area (TPSA) is 38.3 Å². The van der Waals surface area contributed by atoms with Crippen LogP contribution in [0.2, 0.25) is 0 Å². The predicted octanol–water partition coefficient (Wildman–Crippen LogP) is 3.35. The molecule has 1 amide bonds. The second-order valence-corrected chi connectivity index (χ2v) is 6.87. The molecule has 0 aliphatic carbocycles. The van der Waals surface area contributed by atoms with Gasteiger partial charge in [0.2, 0.25) is 0 Å². The number of hydrogen-bond acceptors (Lipinski definition) is 2. The average molecular weight is 424 g/mol. The average Bonchev–Trinajstić information content (AvgIpc) is 2.32. The Hall–Kier alpha value is -0.140. The molecule has 5 heteroatoms. The summed E-state index contributed by atoms with van der Waals surface area (Å²) in [6, 6.07) is 5.72. The highest BCUT2D eigenvalue weighted by atomic mass is 127. The van der Waals surface area contributed by atoms with Crippen LogP contribution in [0.3, 0.4) is 0 Å². The minimum Gasteiger partial charge on any atom is -0.379 e. The molecule has 1 aliphatic heterocycles. The van der Waals surface area contributed by atoms with Gasteiger partial charge in [0.25, 0.3) is 5.91 Å². The maximum absolute atomic E-state index is 12.3. The molecule has 1 aliphatic rings. The highest BCUT2D eigenvalue weighted by Crippen LogP contribution is 2.22. The van der Waals surface area contributed by atoms with E-state index >= 15 is 0 Å². The van der Waals surface area contributed by atoms with Gasteiger partial charge >= 0.3 is 0 Å². The van der Waals surface area contributed by atoms with Gasteiger partial charge in [-0.15, -0.1) is 0 Å². The summed E-state index contributed by atoms with van der Waals surface area (Å²) in [6.45, 7) is 3.41. The van der Waals surface area contributed by atoms with Crippen molar-refractivity contribution in [2.75, 3.05) is 13.2 Å². The zero-order valence-corrected chi connectivity index (χ0v) is 13.9. The fourth-order valence-corrected chi connectivity index (χ4v) is 2.99. The molecule has 0 bridgehead atoms. The van der Waals surface area contributed by atoms with Gasteiger partial charge in [0, 0.05) is 14.6 Å². The van der Waals surface area contributed by atoms with Gasteiger partial charge in [-0.3, -0.25) is 4.79 Å². The van der Waals surface area contributed by atoms with E-state index in [1.807, 2.05) is 25.1 Å². The number of nitrogens with one attached hydrogen (secondary N) is 1. The summed E-state index contributed by atoms with van der Waals surface area (Å²) < 4.78 is 7.32. The van der Waals surface area contributed by atoms with Crippen molar-refractivity contribution in [3.8, 4) is 0 Å². The molecule has 1 aromatic carbocycles. The van der Waals surface area contributed by atoms with Crippen LogP contribution in [0, 0.1) is 3.57 Å². The number of halogens is 2. The summed E-state index contributed by atoms with van der Waals surface area (Å²) in [4.78, 5) is 12.3. The highest BCUT2D eigenvalue weighted by Gasteiger charge is 2.30. The molecule has 18 heavy (non-hydrogen) atoms. The van der Waals surface area contributed by atoms with Gasteiger partial charge in [-0.25, -0.2) is 0 Å². The third-order valence-electron chi connectivity index (χ3n) is 3.03. The van der Waals surface area contributed by atoms with Gasteiger partial charge in [-0.2, -0.15) is 0 Å². The zero-order valence-electron chi connectivity index (χ0n) is 10.1. The van der Waals surface area contributed by atoms with E-state index in [2.05, 4.69) is 43.8 Å². The van der Waals surface area contributed by atoms with Crippen molar-refractivity contribution in [2.45, 2.75) is 25.3 Å². The lowest BCUT2D eigenvalue weighted by Gasteiger charge is -2.34. The second kappa shape index (κ2) is 5.88. The van der Waals surface area contributed by atoms with Crippen LogP contribution in [0.25, 0.3) is 0 Å². The zero-order chi connectivity index (χ0) is 13.2. The van der Waals surface area contributed by atoms with Crippen molar-refractivity contribution >= 4 is 44.4 Å². The maximum Gasteiger partial charge on any atom is 0.252 e. The number of hydrogen-bond donors (Lipinski definition) is 1. The van der Waals surface area contributed by atoms with Crippen LogP contribution in [0.4, 0.5) is 0 Å².